The monoisotopic (exact) mass is 292 g/mol. The molecule has 0 radical (unpaired) electrons. The number of nitrogens with one attached hydrogen (secondary N) is 1. The van der Waals surface area contributed by atoms with Crippen LogP contribution in [0.25, 0.3) is 11.3 Å². The van der Waals surface area contributed by atoms with E-state index >= 15 is 0 Å². The minimum atomic E-state index is 0.557. The number of aromatic nitrogens is 1. The van der Waals surface area contributed by atoms with Crippen LogP contribution in [0, 0.1) is 0 Å². The fourth-order valence-corrected chi connectivity index (χ4v) is 1.89. The number of benzene rings is 1. The summed E-state index contributed by atoms with van der Waals surface area (Å²) in [5.41, 5.74) is 0.842. The number of hydrogen-bond acceptors (Lipinski definition) is 6. The lowest BCUT2D eigenvalue weighted by Crippen LogP contribution is -2.18. The summed E-state index contributed by atoms with van der Waals surface area (Å²) in [5.74, 6) is 2.71. The summed E-state index contributed by atoms with van der Waals surface area (Å²) in [7, 11) is 4.90. The van der Waals surface area contributed by atoms with Crippen LogP contribution in [0.4, 0.5) is 0 Å². The lowest BCUT2D eigenvalue weighted by Gasteiger charge is -2.08. The summed E-state index contributed by atoms with van der Waals surface area (Å²) in [6, 6.07) is 5.56. The molecule has 0 aliphatic heterocycles. The van der Waals surface area contributed by atoms with Gasteiger partial charge in [0.25, 0.3) is 0 Å². The number of ether oxygens (including phenoxy) is 3. The third-order valence-corrected chi connectivity index (χ3v) is 2.99. The van der Waals surface area contributed by atoms with E-state index in [9.17, 15) is 0 Å². The number of rotatable bonds is 8. The molecular weight excluding hydrogens is 272 g/mol. The summed E-state index contributed by atoms with van der Waals surface area (Å²) in [6.45, 7) is 1.96. The van der Waals surface area contributed by atoms with Crippen LogP contribution in [0.2, 0.25) is 0 Å². The Morgan fingerprint density at radius 2 is 2.05 bits per heavy atom. The number of nitrogens with zero attached hydrogens (tertiary/aromatic N) is 1. The minimum absolute atomic E-state index is 0.557. The average molecular weight is 292 g/mol. The largest absolute Gasteiger partial charge is 0.497 e. The van der Waals surface area contributed by atoms with Gasteiger partial charge in [0.05, 0.1) is 39.1 Å². The van der Waals surface area contributed by atoms with Gasteiger partial charge in [-0.15, -0.1) is 0 Å². The van der Waals surface area contributed by atoms with Crippen LogP contribution in [0.15, 0.2) is 28.8 Å². The van der Waals surface area contributed by atoms with Crippen molar-refractivity contribution in [2.75, 3.05) is 34.5 Å². The summed E-state index contributed by atoms with van der Waals surface area (Å²) in [5, 5.41) is 3.18. The van der Waals surface area contributed by atoms with Gasteiger partial charge in [-0.3, -0.25) is 0 Å². The molecule has 0 fully saturated rings. The van der Waals surface area contributed by atoms with Crippen LogP contribution < -0.4 is 14.8 Å². The molecule has 1 heterocycles. The van der Waals surface area contributed by atoms with Gasteiger partial charge < -0.3 is 23.9 Å². The van der Waals surface area contributed by atoms with E-state index < -0.39 is 0 Å². The second-order valence-electron chi connectivity index (χ2n) is 4.35. The highest BCUT2D eigenvalue weighted by Gasteiger charge is 2.12. The van der Waals surface area contributed by atoms with Crippen LogP contribution >= 0.6 is 0 Å². The Labute approximate surface area is 124 Å². The first-order valence-electron chi connectivity index (χ1n) is 6.65. The zero-order valence-corrected chi connectivity index (χ0v) is 12.5. The van der Waals surface area contributed by atoms with E-state index in [4.69, 9.17) is 18.6 Å². The van der Waals surface area contributed by atoms with Crippen molar-refractivity contribution in [1.82, 2.24) is 10.3 Å². The van der Waals surface area contributed by atoms with E-state index in [0.717, 1.165) is 17.9 Å². The van der Waals surface area contributed by atoms with Crippen molar-refractivity contribution >= 4 is 0 Å². The minimum Gasteiger partial charge on any atom is -0.497 e. The molecule has 6 heteroatoms. The van der Waals surface area contributed by atoms with Crippen molar-refractivity contribution in [1.29, 1.82) is 0 Å². The Bertz CT molecular complexity index is 569. The first-order chi connectivity index (χ1) is 10.3. The molecule has 0 saturated heterocycles. The molecule has 0 spiro atoms. The average Bonchev–Trinajstić information content (AvgIpc) is 2.99. The third kappa shape index (κ3) is 3.96. The predicted molar refractivity (Wildman–Crippen MR) is 78.6 cm³/mol. The fourth-order valence-electron chi connectivity index (χ4n) is 1.89. The lowest BCUT2D eigenvalue weighted by atomic mass is 10.1. The fraction of sp³-hybridized carbons (Fsp3) is 0.400. The van der Waals surface area contributed by atoms with Gasteiger partial charge in [0.2, 0.25) is 5.89 Å². The second-order valence-corrected chi connectivity index (χ2v) is 4.35. The summed E-state index contributed by atoms with van der Waals surface area (Å²) in [6.07, 6.45) is 1.69. The maximum atomic E-state index is 5.73. The highest BCUT2D eigenvalue weighted by molar-refractivity contribution is 5.66. The highest BCUT2D eigenvalue weighted by atomic mass is 16.5. The van der Waals surface area contributed by atoms with Crippen molar-refractivity contribution in [3.8, 4) is 22.8 Å². The third-order valence-electron chi connectivity index (χ3n) is 2.99. The van der Waals surface area contributed by atoms with Crippen molar-refractivity contribution < 1.29 is 18.6 Å². The van der Waals surface area contributed by atoms with Crippen molar-refractivity contribution in [3.63, 3.8) is 0 Å². The molecule has 1 N–H and O–H groups in total. The van der Waals surface area contributed by atoms with E-state index in [-0.39, 0.29) is 0 Å². The van der Waals surface area contributed by atoms with Crippen molar-refractivity contribution in [2.24, 2.45) is 0 Å². The molecule has 114 valence electrons. The molecular formula is C15H20N2O4. The van der Waals surface area contributed by atoms with Gasteiger partial charge in [0, 0.05) is 19.7 Å². The van der Waals surface area contributed by atoms with Gasteiger partial charge in [-0.2, -0.15) is 0 Å². The standard InChI is InChI=1S/C15H20N2O4/c1-18-7-6-16-10-15-17-9-14(21-15)12-5-4-11(19-2)8-13(12)20-3/h4-5,8-9,16H,6-7,10H2,1-3H3. The molecule has 2 aromatic rings. The van der Waals surface area contributed by atoms with E-state index in [2.05, 4.69) is 10.3 Å². The molecule has 0 aliphatic carbocycles. The Kier molecular flexibility index (Phi) is 5.59. The summed E-state index contributed by atoms with van der Waals surface area (Å²) in [4.78, 5) is 4.25. The van der Waals surface area contributed by atoms with Crippen LogP contribution in [0.5, 0.6) is 11.5 Å². The second kappa shape index (κ2) is 7.66. The normalized spacial score (nSPS) is 10.6. The Balaban J connectivity index is 2.10. The topological polar surface area (TPSA) is 65.8 Å². The lowest BCUT2D eigenvalue weighted by molar-refractivity contribution is 0.198. The van der Waals surface area contributed by atoms with Gasteiger partial charge in [-0.1, -0.05) is 0 Å². The molecule has 0 bridgehead atoms. The van der Waals surface area contributed by atoms with Crippen LogP contribution in [-0.4, -0.2) is 39.5 Å². The maximum absolute atomic E-state index is 5.73. The van der Waals surface area contributed by atoms with Gasteiger partial charge in [0.1, 0.15) is 11.5 Å². The Morgan fingerprint density at radius 3 is 2.76 bits per heavy atom. The van der Waals surface area contributed by atoms with Crippen molar-refractivity contribution in [2.45, 2.75) is 6.54 Å². The van der Waals surface area contributed by atoms with Crippen molar-refractivity contribution in [3.05, 3.63) is 30.3 Å². The first kappa shape index (κ1) is 15.3. The molecule has 21 heavy (non-hydrogen) atoms. The van der Waals surface area contributed by atoms with Crippen LogP contribution in [0.3, 0.4) is 0 Å². The zero-order valence-electron chi connectivity index (χ0n) is 12.5. The Morgan fingerprint density at radius 1 is 1.19 bits per heavy atom. The SMILES string of the molecule is COCCNCc1ncc(-c2ccc(OC)cc2OC)o1. The van der Waals surface area contributed by atoms with Gasteiger partial charge >= 0.3 is 0 Å². The molecule has 0 aliphatic rings. The number of methoxy groups -OCH3 is 3. The smallest absolute Gasteiger partial charge is 0.208 e. The van der Waals surface area contributed by atoms with Gasteiger partial charge in [0.15, 0.2) is 5.76 Å². The number of hydrogen-bond donors (Lipinski definition) is 1. The molecule has 0 amide bonds. The molecule has 1 aromatic carbocycles. The van der Waals surface area contributed by atoms with Crippen LogP contribution in [-0.2, 0) is 11.3 Å². The maximum Gasteiger partial charge on any atom is 0.208 e. The van der Waals surface area contributed by atoms with Gasteiger partial charge in [-0.25, -0.2) is 4.98 Å². The zero-order chi connectivity index (χ0) is 15.1. The van der Waals surface area contributed by atoms with E-state index in [1.807, 2.05) is 18.2 Å². The highest BCUT2D eigenvalue weighted by Crippen LogP contribution is 2.33. The molecule has 0 atom stereocenters. The van der Waals surface area contributed by atoms with E-state index in [1.54, 1.807) is 27.5 Å². The summed E-state index contributed by atoms with van der Waals surface area (Å²) < 4.78 is 21.2. The molecule has 2 rings (SSSR count). The molecule has 6 nitrogen and oxygen atoms in total. The molecule has 0 saturated carbocycles. The first-order valence-corrected chi connectivity index (χ1v) is 6.65. The Hall–Kier alpha value is -2.05. The molecule has 1 aromatic heterocycles. The van der Waals surface area contributed by atoms with Crippen LogP contribution in [0.1, 0.15) is 5.89 Å². The van der Waals surface area contributed by atoms with E-state index in [1.165, 1.54) is 0 Å². The van der Waals surface area contributed by atoms with E-state index in [0.29, 0.717) is 30.6 Å². The van der Waals surface area contributed by atoms with Gasteiger partial charge in [-0.05, 0) is 12.1 Å². The predicted octanol–water partition coefficient (Wildman–Crippen LogP) is 2.09. The molecule has 0 unspecified atom stereocenters. The summed E-state index contributed by atoms with van der Waals surface area (Å²) >= 11 is 0. The quantitative estimate of drug-likeness (QED) is 0.752. The number of oxazole rings is 1.